The van der Waals surface area contributed by atoms with Crippen LogP contribution in [0.2, 0.25) is 0 Å². The molecule has 1 heterocycles. The van der Waals surface area contributed by atoms with E-state index in [4.69, 9.17) is 10.7 Å². The van der Waals surface area contributed by atoms with Gasteiger partial charge in [0, 0.05) is 23.1 Å². The first-order chi connectivity index (χ1) is 7.45. The lowest BCUT2D eigenvalue weighted by molar-refractivity contribution is 0.554. The number of nitrogens with zero attached hydrogens (tertiary/aromatic N) is 3. The summed E-state index contributed by atoms with van der Waals surface area (Å²) in [7, 11) is 1.53. The van der Waals surface area contributed by atoms with E-state index >= 15 is 0 Å². The maximum absolute atomic E-state index is 11.3. The number of hydrogen-bond acceptors (Lipinski definition) is 4. The van der Waals surface area contributed by atoms with Gasteiger partial charge in [0.2, 0.25) is 0 Å². The first kappa shape index (κ1) is 11.9. The minimum atomic E-state index is -3.80. The zero-order valence-electron chi connectivity index (χ0n) is 9.22. The zero-order chi connectivity index (χ0) is 11.9. The SMILES string of the molecule is CCCn1c(C2CC2C)nnc1S(=O)(=O)Cl. The van der Waals surface area contributed by atoms with Gasteiger partial charge in [-0.25, -0.2) is 8.42 Å². The summed E-state index contributed by atoms with van der Waals surface area (Å²) in [6, 6.07) is 0. The van der Waals surface area contributed by atoms with Crippen molar-refractivity contribution in [3.8, 4) is 0 Å². The van der Waals surface area contributed by atoms with E-state index in [-0.39, 0.29) is 5.16 Å². The lowest BCUT2D eigenvalue weighted by Crippen LogP contribution is -2.09. The van der Waals surface area contributed by atoms with Crippen LogP contribution in [0, 0.1) is 5.92 Å². The zero-order valence-corrected chi connectivity index (χ0v) is 10.8. The molecule has 2 rings (SSSR count). The summed E-state index contributed by atoms with van der Waals surface area (Å²) in [5.74, 6) is 1.66. The molecule has 0 aromatic carbocycles. The molecule has 16 heavy (non-hydrogen) atoms. The van der Waals surface area contributed by atoms with Crippen molar-refractivity contribution in [2.24, 2.45) is 5.92 Å². The van der Waals surface area contributed by atoms with Crippen LogP contribution in [0.4, 0.5) is 0 Å². The Labute approximate surface area is 99.2 Å². The van der Waals surface area contributed by atoms with Gasteiger partial charge < -0.3 is 4.57 Å². The molecule has 1 aliphatic carbocycles. The Bertz CT molecular complexity index is 497. The molecule has 0 N–H and O–H groups in total. The molecule has 2 unspecified atom stereocenters. The van der Waals surface area contributed by atoms with Crippen molar-refractivity contribution in [3.05, 3.63) is 5.82 Å². The van der Waals surface area contributed by atoms with Crippen LogP contribution >= 0.6 is 10.7 Å². The molecule has 1 aliphatic rings. The van der Waals surface area contributed by atoms with Crippen LogP contribution in [0.15, 0.2) is 5.16 Å². The molecular weight excluding hydrogens is 250 g/mol. The number of aromatic nitrogens is 3. The first-order valence-electron chi connectivity index (χ1n) is 5.33. The monoisotopic (exact) mass is 263 g/mol. The molecule has 1 saturated carbocycles. The summed E-state index contributed by atoms with van der Waals surface area (Å²) in [6.07, 6.45) is 1.87. The first-order valence-corrected chi connectivity index (χ1v) is 7.63. The van der Waals surface area contributed by atoms with Crippen molar-refractivity contribution < 1.29 is 8.42 Å². The van der Waals surface area contributed by atoms with Gasteiger partial charge in [-0.05, 0) is 18.8 Å². The second-order valence-corrected chi connectivity index (χ2v) is 6.71. The van der Waals surface area contributed by atoms with E-state index in [1.54, 1.807) is 4.57 Å². The van der Waals surface area contributed by atoms with Gasteiger partial charge in [0.1, 0.15) is 5.82 Å². The summed E-state index contributed by atoms with van der Waals surface area (Å²) in [4.78, 5) is 0. The average Bonchev–Trinajstić information content (AvgIpc) is 2.74. The third-order valence-corrected chi connectivity index (χ3v) is 4.00. The summed E-state index contributed by atoms with van der Waals surface area (Å²) < 4.78 is 24.3. The molecule has 0 amide bonds. The van der Waals surface area contributed by atoms with Gasteiger partial charge in [-0.15, -0.1) is 10.2 Å². The number of hydrogen-bond donors (Lipinski definition) is 0. The highest BCUT2D eigenvalue weighted by Gasteiger charge is 2.39. The van der Waals surface area contributed by atoms with Crippen molar-refractivity contribution >= 4 is 19.7 Å². The van der Waals surface area contributed by atoms with Crippen molar-refractivity contribution in [2.75, 3.05) is 0 Å². The van der Waals surface area contributed by atoms with Gasteiger partial charge in [0.25, 0.3) is 14.2 Å². The quantitative estimate of drug-likeness (QED) is 0.776. The maximum Gasteiger partial charge on any atom is 0.296 e. The Morgan fingerprint density at radius 1 is 1.50 bits per heavy atom. The standard InChI is InChI=1S/C9H14ClN3O2S/c1-3-4-13-8(7-5-6(7)2)11-12-9(13)16(10,14)15/h6-7H,3-5H2,1-2H3. The van der Waals surface area contributed by atoms with E-state index in [1.807, 2.05) is 6.92 Å². The molecule has 1 aromatic rings. The highest BCUT2D eigenvalue weighted by atomic mass is 35.7. The van der Waals surface area contributed by atoms with Gasteiger partial charge >= 0.3 is 0 Å². The van der Waals surface area contributed by atoms with Crippen molar-refractivity contribution in [3.63, 3.8) is 0 Å². The van der Waals surface area contributed by atoms with E-state index in [1.165, 1.54) is 0 Å². The van der Waals surface area contributed by atoms with E-state index in [0.717, 1.165) is 18.7 Å². The van der Waals surface area contributed by atoms with Crippen LogP contribution in [0.1, 0.15) is 38.4 Å². The lowest BCUT2D eigenvalue weighted by atomic mass is 10.3. The Balaban J connectivity index is 2.44. The molecule has 1 aromatic heterocycles. The second kappa shape index (κ2) is 4.00. The lowest BCUT2D eigenvalue weighted by Gasteiger charge is -2.06. The van der Waals surface area contributed by atoms with Crippen molar-refractivity contribution in [1.82, 2.24) is 14.8 Å². The molecule has 0 radical (unpaired) electrons. The third kappa shape index (κ3) is 2.08. The van der Waals surface area contributed by atoms with Crippen molar-refractivity contribution in [1.29, 1.82) is 0 Å². The molecule has 1 fully saturated rings. The summed E-state index contributed by atoms with van der Waals surface area (Å²) in [6.45, 7) is 4.68. The predicted molar refractivity (Wildman–Crippen MR) is 59.9 cm³/mol. The maximum atomic E-state index is 11.3. The molecule has 0 spiro atoms. The smallest absolute Gasteiger partial charge is 0.296 e. The van der Waals surface area contributed by atoms with Gasteiger partial charge in [0.15, 0.2) is 0 Å². The normalized spacial score (nSPS) is 24.7. The van der Waals surface area contributed by atoms with E-state index in [0.29, 0.717) is 18.4 Å². The molecule has 2 atom stereocenters. The summed E-state index contributed by atoms with van der Waals surface area (Å²) >= 11 is 0. The van der Waals surface area contributed by atoms with Gasteiger partial charge in [-0.3, -0.25) is 0 Å². The molecule has 90 valence electrons. The highest BCUT2D eigenvalue weighted by Crippen LogP contribution is 2.46. The fourth-order valence-electron chi connectivity index (χ4n) is 1.87. The van der Waals surface area contributed by atoms with Gasteiger partial charge in [0.05, 0.1) is 0 Å². The summed E-state index contributed by atoms with van der Waals surface area (Å²) in [5, 5.41) is 7.54. The fraction of sp³-hybridized carbons (Fsp3) is 0.778. The van der Waals surface area contributed by atoms with Gasteiger partial charge in [-0.1, -0.05) is 13.8 Å². The molecule has 0 bridgehead atoms. The van der Waals surface area contributed by atoms with Crippen LogP contribution < -0.4 is 0 Å². The molecular formula is C9H14ClN3O2S. The van der Waals surface area contributed by atoms with Crippen molar-refractivity contribution in [2.45, 2.75) is 44.3 Å². The van der Waals surface area contributed by atoms with E-state index in [2.05, 4.69) is 17.1 Å². The predicted octanol–water partition coefficient (Wildman–Crippen LogP) is 1.74. The molecule has 0 aliphatic heterocycles. The Hall–Kier alpha value is -0.620. The van der Waals surface area contributed by atoms with Crippen LogP contribution in [0.25, 0.3) is 0 Å². The number of rotatable bonds is 4. The molecule has 5 nitrogen and oxygen atoms in total. The second-order valence-electron chi connectivity index (χ2n) is 4.25. The minimum absolute atomic E-state index is 0.120. The number of halogens is 1. The Kier molecular flexibility index (Phi) is 2.96. The largest absolute Gasteiger partial charge is 0.301 e. The minimum Gasteiger partial charge on any atom is -0.301 e. The van der Waals surface area contributed by atoms with E-state index < -0.39 is 9.05 Å². The van der Waals surface area contributed by atoms with Crippen LogP contribution in [-0.4, -0.2) is 23.2 Å². The van der Waals surface area contributed by atoms with E-state index in [9.17, 15) is 8.42 Å². The Morgan fingerprint density at radius 3 is 2.56 bits per heavy atom. The van der Waals surface area contributed by atoms with Gasteiger partial charge in [-0.2, -0.15) is 0 Å². The average molecular weight is 264 g/mol. The van der Waals surface area contributed by atoms with Crippen LogP contribution in [0.3, 0.4) is 0 Å². The molecule has 0 saturated heterocycles. The van der Waals surface area contributed by atoms with Crippen LogP contribution in [0.5, 0.6) is 0 Å². The topological polar surface area (TPSA) is 64.8 Å². The Morgan fingerprint density at radius 2 is 2.12 bits per heavy atom. The van der Waals surface area contributed by atoms with Crippen LogP contribution in [-0.2, 0) is 15.6 Å². The third-order valence-electron chi connectivity index (χ3n) is 2.85. The fourth-order valence-corrected chi connectivity index (χ4v) is 2.80. The highest BCUT2D eigenvalue weighted by molar-refractivity contribution is 8.13. The summed E-state index contributed by atoms with van der Waals surface area (Å²) in [5.41, 5.74) is 0. The molecule has 7 heteroatoms.